The summed E-state index contributed by atoms with van der Waals surface area (Å²) in [4.78, 5) is 21.5. The lowest BCUT2D eigenvalue weighted by Crippen LogP contribution is -2.40. The molecule has 6 aromatic heterocycles. The third-order valence-electron chi connectivity index (χ3n) is 6.65. The zero-order chi connectivity index (χ0) is 21.6. The Morgan fingerprint density at radius 3 is 1.91 bits per heavy atom. The van der Waals surface area contributed by atoms with Crippen LogP contribution in [0.4, 0.5) is 11.6 Å². The third kappa shape index (κ3) is 1.99. The number of rotatable bonds is 1. The molecule has 0 radical (unpaired) electrons. The standard InChI is InChI=1S/C25H14N6S2/c1-4-17-23(27-10-1)31(30-14-29-22-19(30)6-3-9-26-22)24-18(5-2-11-28-24)25(17)15-7-12-32-20(15)21-16(25)8-13-33-21/h1-14H. The molecule has 0 bridgehead atoms. The van der Waals surface area contributed by atoms with Gasteiger partial charge in [-0.15, -0.1) is 22.7 Å². The highest BCUT2D eigenvalue weighted by atomic mass is 32.1. The second-order valence-corrected chi connectivity index (χ2v) is 9.91. The monoisotopic (exact) mass is 462 g/mol. The average Bonchev–Trinajstić information content (AvgIpc) is 3.64. The fourth-order valence-electron chi connectivity index (χ4n) is 5.45. The van der Waals surface area contributed by atoms with E-state index in [4.69, 9.17) is 9.97 Å². The van der Waals surface area contributed by atoms with Gasteiger partial charge in [0.15, 0.2) is 17.3 Å². The molecule has 8 heteroatoms. The number of thiophene rings is 2. The summed E-state index contributed by atoms with van der Waals surface area (Å²) in [7, 11) is 0. The summed E-state index contributed by atoms with van der Waals surface area (Å²) in [5.74, 6) is 1.70. The molecule has 8 rings (SSSR count). The van der Waals surface area contributed by atoms with Gasteiger partial charge in [-0.2, -0.15) is 0 Å². The number of hydrogen-bond acceptors (Lipinski definition) is 7. The van der Waals surface area contributed by atoms with Crippen LogP contribution in [0, 0.1) is 0 Å². The summed E-state index contributed by atoms with van der Waals surface area (Å²) in [5, 5.41) is 6.47. The molecule has 0 amide bonds. The van der Waals surface area contributed by atoms with Gasteiger partial charge in [-0.3, -0.25) is 0 Å². The van der Waals surface area contributed by atoms with Gasteiger partial charge in [0.2, 0.25) is 0 Å². The van der Waals surface area contributed by atoms with Crippen LogP contribution in [0.15, 0.2) is 84.2 Å². The number of nitrogens with zero attached hydrogens (tertiary/aromatic N) is 6. The quantitative estimate of drug-likeness (QED) is 0.317. The van der Waals surface area contributed by atoms with E-state index in [1.54, 1.807) is 12.5 Å². The fraction of sp³-hybridized carbons (Fsp3) is 0.0400. The van der Waals surface area contributed by atoms with Crippen LogP contribution in [-0.2, 0) is 5.41 Å². The molecular weight excluding hydrogens is 448 g/mol. The molecule has 2 aliphatic rings. The van der Waals surface area contributed by atoms with Crippen molar-refractivity contribution in [2.75, 3.05) is 5.01 Å². The van der Waals surface area contributed by atoms with E-state index >= 15 is 0 Å². The van der Waals surface area contributed by atoms with E-state index in [0.717, 1.165) is 28.3 Å². The maximum Gasteiger partial charge on any atom is 0.179 e. The number of pyridine rings is 3. The van der Waals surface area contributed by atoms with Crippen molar-refractivity contribution in [3.05, 3.63) is 106 Å². The van der Waals surface area contributed by atoms with Crippen molar-refractivity contribution >= 4 is 45.5 Å². The van der Waals surface area contributed by atoms with Crippen molar-refractivity contribution in [3.8, 4) is 9.75 Å². The minimum atomic E-state index is -0.441. The lowest BCUT2D eigenvalue weighted by atomic mass is 9.67. The van der Waals surface area contributed by atoms with Gasteiger partial charge >= 0.3 is 0 Å². The van der Waals surface area contributed by atoms with Crippen LogP contribution in [0.3, 0.4) is 0 Å². The molecule has 0 fully saturated rings. The Morgan fingerprint density at radius 1 is 0.636 bits per heavy atom. The summed E-state index contributed by atoms with van der Waals surface area (Å²) in [5.41, 5.74) is 6.07. The summed E-state index contributed by atoms with van der Waals surface area (Å²) in [6, 6.07) is 17.0. The first-order chi connectivity index (χ1) is 16.4. The number of aromatic nitrogens is 5. The molecule has 0 aromatic carbocycles. The normalized spacial score (nSPS) is 14.8. The van der Waals surface area contributed by atoms with E-state index < -0.39 is 5.41 Å². The molecule has 6 nitrogen and oxygen atoms in total. The van der Waals surface area contributed by atoms with Crippen LogP contribution < -0.4 is 5.01 Å². The van der Waals surface area contributed by atoms with E-state index in [-0.39, 0.29) is 0 Å². The molecule has 1 aliphatic heterocycles. The van der Waals surface area contributed by atoms with Crippen LogP contribution in [0.1, 0.15) is 22.3 Å². The van der Waals surface area contributed by atoms with Gasteiger partial charge in [-0.25, -0.2) is 29.6 Å². The lowest BCUT2D eigenvalue weighted by molar-refractivity contribution is 0.689. The molecule has 0 N–H and O–H groups in total. The molecular formula is C25H14N6S2. The predicted molar refractivity (Wildman–Crippen MR) is 130 cm³/mol. The minimum absolute atomic E-state index is 0.441. The smallest absolute Gasteiger partial charge is 0.179 e. The van der Waals surface area contributed by atoms with Crippen LogP contribution >= 0.6 is 22.7 Å². The van der Waals surface area contributed by atoms with E-state index in [0.29, 0.717) is 5.65 Å². The van der Waals surface area contributed by atoms with Crippen LogP contribution in [0.5, 0.6) is 0 Å². The molecule has 0 unspecified atom stereocenters. The largest absolute Gasteiger partial charge is 0.237 e. The average molecular weight is 463 g/mol. The predicted octanol–water partition coefficient (Wildman–Crippen LogP) is 5.62. The molecule has 1 spiro atoms. The Labute approximate surface area is 196 Å². The molecule has 0 saturated carbocycles. The summed E-state index contributed by atoms with van der Waals surface area (Å²) in [6.45, 7) is 0. The second kappa shape index (κ2) is 6.12. The van der Waals surface area contributed by atoms with Crippen molar-refractivity contribution in [2.24, 2.45) is 0 Å². The molecule has 7 heterocycles. The summed E-state index contributed by atoms with van der Waals surface area (Å²) in [6.07, 6.45) is 7.26. The fourth-order valence-corrected chi connectivity index (χ4v) is 7.55. The highest BCUT2D eigenvalue weighted by molar-refractivity contribution is 7.21. The molecule has 0 saturated heterocycles. The SMILES string of the molecule is c1cnc2c(c1)C1(c3cccnc3N2n2cnc3ncccc32)c2ccsc2-c2sccc21. The van der Waals surface area contributed by atoms with Crippen molar-refractivity contribution in [2.45, 2.75) is 5.41 Å². The molecule has 156 valence electrons. The summed E-state index contributed by atoms with van der Waals surface area (Å²) < 4.78 is 2.00. The Balaban J connectivity index is 1.54. The topological polar surface area (TPSA) is 59.7 Å². The van der Waals surface area contributed by atoms with Gasteiger partial charge in [-0.1, -0.05) is 12.1 Å². The zero-order valence-electron chi connectivity index (χ0n) is 17.1. The number of fused-ring (bicyclic) bond motifs is 10. The minimum Gasteiger partial charge on any atom is -0.237 e. The first-order valence-corrected chi connectivity index (χ1v) is 12.3. The van der Waals surface area contributed by atoms with Crippen molar-refractivity contribution in [1.82, 2.24) is 24.6 Å². The molecule has 33 heavy (non-hydrogen) atoms. The van der Waals surface area contributed by atoms with E-state index in [1.807, 2.05) is 64.0 Å². The van der Waals surface area contributed by atoms with Gasteiger partial charge < -0.3 is 0 Å². The van der Waals surface area contributed by atoms with Gasteiger partial charge in [-0.05, 0) is 58.3 Å². The first kappa shape index (κ1) is 17.6. The highest BCUT2D eigenvalue weighted by Crippen LogP contribution is 2.63. The maximum absolute atomic E-state index is 4.92. The summed E-state index contributed by atoms with van der Waals surface area (Å²) >= 11 is 3.62. The Morgan fingerprint density at radius 2 is 1.24 bits per heavy atom. The number of imidazole rings is 1. The van der Waals surface area contributed by atoms with E-state index in [1.165, 1.54) is 20.9 Å². The number of hydrogen-bond donors (Lipinski definition) is 0. The molecule has 1 aliphatic carbocycles. The number of anilines is 2. The van der Waals surface area contributed by atoms with Crippen molar-refractivity contribution in [3.63, 3.8) is 0 Å². The molecule has 6 aromatic rings. The van der Waals surface area contributed by atoms with Crippen LogP contribution in [0.25, 0.3) is 20.9 Å². The van der Waals surface area contributed by atoms with Gasteiger partial charge in [0.1, 0.15) is 11.8 Å². The zero-order valence-corrected chi connectivity index (χ0v) is 18.7. The van der Waals surface area contributed by atoms with Crippen LogP contribution in [-0.4, -0.2) is 24.6 Å². The van der Waals surface area contributed by atoms with Gasteiger partial charge in [0.05, 0.1) is 5.41 Å². The van der Waals surface area contributed by atoms with E-state index in [9.17, 15) is 0 Å². The van der Waals surface area contributed by atoms with Gasteiger partial charge in [0.25, 0.3) is 0 Å². The lowest BCUT2D eigenvalue weighted by Gasteiger charge is -2.42. The Hall–Kier alpha value is -3.88. The highest BCUT2D eigenvalue weighted by Gasteiger charge is 2.54. The molecule has 0 atom stereocenters. The maximum atomic E-state index is 4.92. The second-order valence-electron chi connectivity index (χ2n) is 8.07. The third-order valence-corrected chi connectivity index (χ3v) is 8.64. The van der Waals surface area contributed by atoms with Crippen LogP contribution in [0.2, 0.25) is 0 Å². The Bertz CT molecular complexity index is 1620. The van der Waals surface area contributed by atoms with Crippen molar-refractivity contribution in [1.29, 1.82) is 0 Å². The van der Waals surface area contributed by atoms with E-state index in [2.05, 4.69) is 50.0 Å². The van der Waals surface area contributed by atoms with Crippen molar-refractivity contribution < 1.29 is 0 Å². The Kier molecular flexibility index (Phi) is 3.27. The van der Waals surface area contributed by atoms with Gasteiger partial charge in [0, 0.05) is 39.5 Å². The first-order valence-electron chi connectivity index (χ1n) is 10.5.